The molecule has 0 aliphatic carbocycles. The number of halogens is 2. The first-order valence-electron chi connectivity index (χ1n) is 5.58. The highest BCUT2D eigenvalue weighted by Crippen LogP contribution is 2.31. The Labute approximate surface area is 125 Å². The maximum Gasteiger partial charge on any atom is 0.146 e. The summed E-state index contributed by atoms with van der Waals surface area (Å²) in [6.45, 7) is 0. The largest absolute Gasteiger partial charge is 0.389 e. The molecule has 0 saturated heterocycles. The van der Waals surface area contributed by atoms with Gasteiger partial charge in [0.15, 0.2) is 0 Å². The minimum Gasteiger partial charge on any atom is -0.389 e. The third-order valence-corrected chi connectivity index (χ3v) is 3.51. The van der Waals surface area contributed by atoms with E-state index in [2.05, 4.69) is 15.9 Å². The lowest BCUT2D eigenvalue weighted by molar-refractivity contribution is 0.627. The molecule has 98 valence electrons. The van der Waals surface area contributed by atoms with Crippen LogP contribution in [0.15, 0.2) is 46.9 Å². The summed E-state index contributed by atoms with van der Waals surface area (Å²) in [7, 11) is 1.78. The van der Waals surface area contributed by atoms with E-state index in [-0.39, 0.29) is 10.8 Å². The topological polar surface area (TPSA) is 29.3 Å². The number of nitrogens with zero attached hydrogens (tertiary/aromatic N) is 1. The number of para-hydroxylation sites is 1. The summed E-state index contributed by atoms with van der Waals surface area (Å²) in [6.07, 6.45) is 0. The van der Waals surface area contributed by atoms with Gasteiger partial charge in [0.2, 0.25) is 0 Å². The number of hydrogen-bond donors (Lipinski definition) is 1. The van der Waals surface area contributed by atoms with Crippen molar-refractivity contribution < 1.29 is 4.39 Å². The van der Waals surface area contributed by atoms with Crippen molar-refractivity contribution in [3.05, 3.63) is 58.3 Å². The van der Waals surface area contributed by atoms with Gasteiger partial charge in [0, 0.05) is 17.1 Å². The highest BCUT2D eigenvalue weighted by Gasteiger charge is 2.14. The van der Waals surface area contributed by atoms with Crippen LogP contribution in [0.5, 0.6) is 0 Å². The molecule has 19 heavy (non-hydrogen) atoms. The number of rotatable bonds is 3. The highest BCUT2D eigenvalue weighted by atomic mass is 79.9. The SMILES string of the molecule is CN(c1ccccc1F)c1cc(Br)ccc1C(N)=S. The molecule has 2 rings (SSSR count). The van der Waals surface area contributed by atoms with Gasteiger partial charge in [-0.25, -0.2) is 4.39 Å². The van der Waals surface area contributed by atoms with Crippen LogP contribution in [0.4, 0.5) is 15.8 Å². The Morgan fingerprint density at radius 1 is 1.21 bits per heavy atom. The summed E-state index contributed by atoms with van der Waals surface area (Å²) in [5.74, 6) is -0.293. The maximum atomic E-state index is 13.8. The molecular formula is C14H12BrFN2S. The number of nitrogens with two attached hydrogens (primary N) is 1. The standard InChI is InChI=1S/C14H12BrFN2S/c1-18(12-5-3-2-4-11(12)16)13-8-9(15)6-7-10(13)14(17)19/h2-8H,1H3,(H2,17,19). The van der Waals surface area contributed by atoms with Crippen molar-refractivity contribution in [1.82, 2.24) is 0 Å². The molecule has 5 heteroatoms. The maximum absolute atomic E-state index is 13.8. The Bertz CT molecular complexity index is 631. The van der Waals surface area contributed by atoms with Gasteiger partial charge in [0.25, 0.3) is 0 Å². The molecule has 0 aliphatic rings. The summed E-state index contributed by atoms with van der Waals surface area (Å²) >= 11 is 8.44. The van der Waals surface area contributed by atoms with E-state index in [1.165, 1.54) is 6.07 Å². The molecule has 0 saturated carbocycles. The Morgan fingerprint density at radius 3 is 2.53 bits per heavy atom. The monoisotopic (exact) mass is 338 g/mol. The molecule has 0 atom stereocenters. The van der Waals surface area contributed by atoms with Crippen LogP contribution >= 0.6 is 28.1 Å². The van der Waals surface area contributed by atoms with Crippen LogP contribution in [0.3, 0.4) is 0 Å². The van der Waals surface area contributed by atoms with Gasteiger partial charge in [0.05, 0.1) is 11.4 Å². The zero-order valence-electron chi connectivity index (χ0n) is 10.2. The van der Waals surface area contributed by atoms with Crippen molar-refractivity contribution in [3.63, 3.8) is 0 Å². The lowest BCUT2D eigenvalue weighted by atomic mass is 10.1. The zero-order chi connectivity index (χ0) is 14.0. The van der Waals surface area contributed by atoms with Gasteiger partial charge in [-0.15, -0.1) is 0 Å². The number of thiocarbonyl (C=S) groups is 1. The molecule has 2 N–H and O–H groups in total. The third kappa shape index (κ3) is 2.93. The lowest BCUT2D eigenvalue weighted by Gasteiger charge is -2.23. The lowest BCUT2D eigenvalue weighted by Crippen LogP contribution is -2.18. The number of anilines is 2. The van der Waals surface area contributed by atoms with Crippen LogP contribution in [-0.4, -0.2) is 12.0 Å². The van der Waals surface area contributed by atoms with Gasteiger partial charge in [-0.05, 0) is 30.3 Å². The van der Waals surface area contributed by atoms with Gasteiger partial charge in [-0.2, -0.15) is 0 Å². The average Bonchev–Trinajstić information content (AvgIpc) is 2.38. The summed E-state index contributed by atoms with van der Waals surface area (Å²) in [6, 6.07) is 12.1. The van der Waals surface area contributed by atoms with Crippen molar-refractivity contribution in [1.29, 1.82) is 0 Å². The molecule has 2 nitrogen and oxygen atoms in total. The molecule has 0 unspecified atom stereocenters. The molecule has 0 heterocycles. The van der Waals surface area contributed by atoms with E-state index in [0.29, 0.717) is 11.3 Å². The molecule has 0 fully saturated rings. The van der Waals surface area contributed by atoms with Crippen LogP contribution in [0.1, 0.15) is 5.56 Å². The summed E-state index contributed by atoms with van der Waals surface area (Å²) in [5.41, 5.74) is 7.65. The summed E-state index contributed by atoms with van der Waals surface area (Å²) < 4.78 is 14.7. The van der Waals surface area contributed by atoms with Gasteiger partial charge < -0.3 is 10.6 Å². The number of benzene rings is 2. The van der Waals surface area contributed by atoms with Gasteiger partial charge in [0.1, 0.15) is 10.8 Å². The third-order valence-electron chi connectivity index (χ3n) is 2.80. The summed E-state index contributed by atoms with van der Waals surface area (Å²) in [5, 5.41) is 0. The van der Waals surface area contributed by atoms with Crippen molar-refractivity contribution >= 4 is 44.5 Å². The average molecular weight is 339 g/mol. The Morgan fingerprint density at radius 2 is 1.89 bits per heavy atom. The quantitative estimate of drug-likeness (QED) is 0.858. The number of hydrogen-bond acceptors (Lipinski definition) is 2. The van der Waals surface area contributed by atoms with Gasteiger partial charge >= 0.3 is 0 Å². The van der Waals surface area contributed by atoms with E-state index < -0.39 is 0 Å². The van der Waals surface area contributed by atoms with Gasteiger partial charge in [-0.3, -0.25) is 0 Å². The molecule has 0 amide bonds. The van der Waals surface area contributed by atoms with E-state index in [1.807, 2.05) is 18.2 Å². The minimum atomic E-state index is -0.293. The zero-order valence-corrected chi connectivity index (χ0v) is 12.6. The highest BCUT2D eigenvalue weighted by molar-refractivity contribution is 9.10. The molecule has 0 radical (unpaired) electrons. The van der Waals surface area contributed by atoms with Crippen molar-refractivity contribution in [3.8, 4) is 0 Å². The second-order valence-corrected chi connectivity index (χ2v) is 5.39. The van der Waals surface area contributed by atoms with E-state index in [4.69, 9.17) is 18.0 Å². The summed E-state index contributed by atoms with van der Waals surface area (Å²) in [4.78, 5) is 2.01. The first-order chi connectivity index (χ1) is 9.00. The second-order valence-electron chi connectivity index (χ2n) is 4.04. The Balaban J connectivity index is 2.55. The molecule has 0 spiro atoms. The Hall–Kier alpha value is -1.46. The van der Waals surface area contributed by atoms with Crippen LogP contribution in [0.2, 0.25) is 0 Å². The molecule has 2 aromatic rings. The molecule has 0 bridgehead atoms. The van der Waals surface area contributed by atoms with Crippen LogP contribution in [-0.2, 0) is 0 Å². The normalized spacial score (nSPS) is 10.3. The Kier molecular flexibility index (Phi) is 4.17. The molecule has 0 aliphatic heterocycles. The predicted octanol–water partition coefficient (Wildman–Crippen LogP) is 3.99. The fraction of sp³-hybridized carbons (Fsp3) is 0.0714. The van der Waals surface area contributed by atoms with E-state index in [1.54, 1.807) is 30.1 Å². The van der Waals surface area contributed by atoms with E-state index in [9.17, 15) is 4.39 Å². The minimum absolute atomic E-state index is 0.283. The fourth-order valence-electron chi connectivity index (χ4n) is 1.84. The van der Waals surface area contributed by atoms with Crippen molar-refractivity contribution in [2.45, 2.75) is 0 Å². The van der Waals surface area contributed by atoms with Crippen molar-refractivity contribution in [2.75, 3.05) is 11.9 Å². The second kappa shape index (κ2) is 5.67. The molecule has 0 aromatic heterocycles. The smallest absolute Gasteiger partial charge is 0.146 e. The van der Waals surface area contributed by atoms with Crippen LogP contribution in [0, 0.1) is 5.82 Å². The first-order valence-corrected chi connectivity index (χ1v) is 6.78. The van der Waals surface area contributed by atoms with Crippen LogP contribution < -0.4 is 10.6 Å². The fourth-order valence-corrected chi connectivity index (χ4v) is 2.37. The molecular weight excluding hydrogens is 327 g/mol. The van der Waals surface area contributed by atoms with E-state index in [0.717, 1.165) is 10.2 Å². The molecule has 2 aromatic carbocycles. The van der Waals surface area contributed by atoms with Crippen molar-refractivity contribution in [2.24, 2.45) is 5.73 Å². The van der Waals surface area contributed by atoms with E-state index >= 15 is 0 Å². The predicted molar refractivity (Wildman–Crippen MR) is 84.5 cm³/mol. The van der Waals surface area contributed by atoms with Crippen LogP contribution in [0.25, 0.3) is 0 Å². The first kappa shape index (κ1) is 14.0. The van der Waals surface area contributed by atoms with Gasteiger partial charge in [-0.1, -0.05) is 40.3 Å².